The minimum absolute atomic E-state index is 0.0899. The molecule has 0 saturated heterocycles. The summed E-state index contributed by atoms with van der Waals surface area (Å²) in [6.45, 7) is 0. The average Bonchev–Trinajstić information content (AvgIpc) is 2.74. The van der Waals surface area contributed by atoms with Gasteiger partial charge in [0.15, 0.2) is 5.13 Å². The third-order valence-corrected chi connectivity index (χ3v) is 3.16. The molecule has 112 valence electrons. The van der Waals surface area contributed by atoms with E-state index < -0.39 is 18.1 Å². The van der Waals surface area contributed by atoms with Crippen molar-refractivity contribution in [2.45, 2.75) is 38.3 Å². The number of aromatic nitrogens is 1. The Morgan fingerprint density at radius 2 is 2.00 bits per heavy atom. The molecule has 0 aliphatic rings. The molecule has 9 heteroatoms. The summed E-state index contributed by atoms with van der Waals surface area (Å²) in [4.78, 5) is 24.8. The molecule has 1 aromatic rings. The number of alkyl halides is 3. The Labute approximate surface area is 116 Å². The van der Waals surface area contributed by atoms with E-state index in [0.717, 1.165) is 11.3 Å². The van der Waals surface area contributed by atoms with Crippen LogP contribution in [0.25, 0.3) is 0 Å². The normalized spacial score (nSPS) is 11.3. The van der Waals surface area contributed by atoms with Crippen molar-refractivity contribution >= 4 is 28.3 Å². The molecule has 20 heavy (non-hydrogen) atoms. The van der Waals surface area contributed by atoms with E-state index in [9.17, 15) is 22.8 Å². The lowest BCUT2D eigenvalue weighted by atomic mass is 10.1. The second-order valence-electron chi connectivity index (χ2n) is 4.05. The maximum atomic E-state index is 12.0. The van der Waals surface area contributed by atoms with E-state index in [0.29, 0.717) is 31.4 Å². The first kappa shape index (κ1) is 16.4. The summed E-state index contributed by atoms with van der Waals surface area (Å²) in [6.07, 6.45) is -2.33. The van der Waals surface area contributed by atoms with Gasteiger partial charge in [0.2, 0.25) is 0 Å². The topological polar surface area (TPSA) is 79.3 Å². The predicted molar refractivity (Wildman–Crippen MR) is 66.6 cm³/mol. The SMILES string of the molecule is O=C(O)CCCCCc1csc(NC(=O)C(F)(F)F)n1. The predicted octanol–water partition coefficient (Wildman–Crippen LogP) is 2.83. The van der Waals surface area contributed by atoms with Crippen LogP contribution >= 0.6 is 11.3 Å². The van der Waals surface area contributed by atoms with Gasteiger partial charge in [-0.15, -0.1) is 11.3 Å². The Hall–Kier alpha value is -1.64. The first-order chi connectivity index (χ1) is 9.29. The summed E-state index contributed by atoms with van der Waals surface area (Å²) in [5.74, 6) is -2.89. The van der Waals surface area contributed by atoms with Gasteiger partial charge < -0.3 is 5.11 Å². The number of thiazole rings is 1. The fourth-order valence-electron chi connectivity index (χ4n) is 1.41. The lowest BCUT2D eigenvalue weighted by molar-refractivity contribution is -0.167. The second-order valence-corrected chi connectivity index (χ2v) is 4.91. The Bertz CT molecular complexity index is 474. The number of hydrogen-bond donors (Lipinski definition) is 2. The fraction of sp³-hybridized carbons (Fsp3) is 0.545. The molecule has 1 heterocycles. The Morgan fingerprint density at radius 1 is 1.30 bits per heavy atom. The summed E-state index contributed by atoms with van der Waals surface area (Å²) >= 11 is 0.926. The molecule has 0 radical (unpaired) electrons. The third-order valence-electron chi connectivity index (χ3n) is 2.35. The molecule has 0 saturated carbocycles. The van der Waals surface area contributed by atoms with E-state index in [1.165, 1.54) is 0 Å². The van der Waals surface area contributed by atoms with Crippen molar-refractivity contribution in [1.29, 1.82) is 0 Å². The third kappa shape index (κ3) is 6.00. The standard InChI is InChI=1S/C11H13F3N2O3S/c12-11(13,14)9(19)16-10-15-7(6-20-10)4-2-1-3-5-8(17)18/h6H,1-5H2,(H,17,18)(H,15,16,19). The number of hydrogen-bond acceptors (Lipinski definition) is 4. The van der Waals surface area contributed by atoms with Gasteiger partial charge in [-0.1, -0.05) is 6.42 Å². The van der Waals surface area contributed by atoms with Gasteiger partial charge in [-0.2, -0.15) is 13.2 Å². The Morgan fingerprint density at radius 3 is 2.60 bits per heavy atom. The van der Waals surface area contributed by atoms with Crippen molar-refractivity contribution in [3.63, 3.8) is 0 Å². The zero-order valence-corrected chi connectivity index (χ0v) is 11.2. The first-order valence-electron chi connectivity index (χ1n) is 5.83. The number of anilines is 1. The summed E-state index contributed by atoms with van der Waals surface area (Å²) < 4.78 is 36.0. The number of amides is 1. The lowest BCUT2D eigenvalue weighted by Crippen LogP contribution is -2.29. The number of unbranched alkanes of at least 4 members (excludes halogenated alkanes) is 2. The average molecular weight is 310 g/mol. The van der Waals surface area contributed by atoms with Crippen LogP contribution in [0.1, 0.15) is 31.4 Å². The molecule has 2 N–H and O–H groups in total. The molecule has 0 bridgehead atoms. The van der Waals surface area contributed by atoms with Crippen LogP contribution < -0.4 is 5.32 Å². The van der Waals surface area contributed by atoms with Crippen molar-refractivity contribution < 1.29 is 27.9 Å². The zero-order chi connectivity index (χ0) is 15.2. The van der Waals surface area contributed by atoms with E-state index in [2.05, 4.69) is 4.98 Å². The van der Waals surface area contributed by atoms with Crippen molar-refractivity contribution in [1.82, 2.24) is 4.98 Å². The molecule has 0 spiro atoms. The molecule has 1 rings (SSSR count). The summed E-state index contributed by atoms with van der Waals surface area (Å²) in [5, 5.41) is 11.6. The smallest absolute Gasteiger partial charge is 0.471 e. The largest absolute Gasteiger partial charge is 0.481 e. The highest BCUT2D eigenvalue weighted by Crippen LogP contribution is 2.21. The highest BCUT2D eigenvalue weighted by atomic mass is 32.1. The molecule has 1 aromatic heterocycles. The number of nitrogens with zero attached hydrogens (tertiary/aromatic N) is 1. The van der Waals surface area contributed by atoms with Gasteiger partial charge >= 0.3 is 18.1 Å². The number of carbonyl (C=O) groups excluding carboxylic acids is 1. The molecule has 5 nitrogen and oxygen atoms in total. The molecule has 1 amide bonds. The highest BCUT2D eigenvalue weighted by molar-refractivity contribution is 7.13. The number of rotatable bonds is 7. The fourth-order valence-corrected chi connectivity index (χ4v) is 2.15. The highest BCUT2D eigenvalue weighted by Gasteiger charge is 2.39. The van der Waals surface area contributed by atoms with E-state index in [1.54, 1.807) is 10.7 Å². The van der Waals surface area contributed by atoms with Gasteiger partial charge in [-0.3, -0.25) is 14.9 Å². The monoisotopic (exact) mass is 310 g/mol. The minimum atomic E-state index is -4.93. The van der Waals surface area contributed by atoms with Gasteiger partial charge in [0.1, 0.15) is 0 Å². The lowest BCUT2D eigenvalue weighted by Gasteiger charge is -2.04. The number of carboxylic acids is 1. The molecular weight excluding hydrogens is 297 g/mol. The second kappa shape index (κ2) is 7.22. The van der Waals surface area contributed by atoms with Gasteiger partial charge in [0.25, 0.3) is 0 Å². The summed E-state index contributed by atoms with van der Waals surface area (Å²) in [6, 6.07) is 0. The van der Waals surface area contributed by atoms with Crippen molar-refractivity contribution in [2.24, 2.45) is 0 Å². The van der Waals surface area contributed by atoms with E-state index in [1.807, 2.05) is 0 Å². The quantitative estimate of drug-likeness (QED) is 0.759. The van der Waals surface area contributed by atoms with E-state index in [4.69, 9.17) is 5.11 Å². The molecular formula is C11H13F3N2O3S. The summed E-state index contributed by atoms with van der Waals surface area (Å²) in [5.41, 5.74) is 0.586. The molecule has 0 unspecified atom stereocenters. The molecule has 0 fully saturated rings. The van der Waals surface area contributed by atoms with Crippen molar-refractivity contribution in [2.75, 3.05) is 5.32 Å². The van der Waals surface area contributed by atoms with Crippen LogP contribution in [0.4, 0.5) is 18.3 Å². The van der Waals surface area contributed by atoms with Crippen LogP contribution in [0.5, 0.6) is 0 Å². The minimum Gasteiger partial charge on any atom is -0.481 e. The van der Waals surface area contributed by atoms with Gasteiger partial charge in [-0.05, 0) is 19.3 Å². The van der Waals surface area contributed by atoms with Crippen molar-refractivity contribution in [3.8, 4) is 0 Å². The number of nitrogens with one attached hydrogen (secondary N) is 1. The molecule has 0 aliphatic heterocycles. The van der Waals surface area contributed by atoms with Crippen LogP contribution in [-0.2, 0) is 16.0 Å². The number of carboxylic acid groups (broad SMARTS) is 1. The van der Waals surface area contributed by atoms with E-state index >= 15 is 0 Å². The van der Waals surface area contributed by atoms with Gasteiger partial charge in [0, 0.05) is 11.8 Å². The van der Waals surface area contributed by atoms with E-state index in [-0.39, 0.29) is 11.6 Å². The summed E-state index contributed by atoms with van der Waals surface area (Å²) in [7, 11) is 0. The van der Waals surface area contributed by atoms with Crippen LogP contribution in [-0.4, -0.2) is 28.1 Å². The zero-order valence-electron chi connectivity index (χ0n) is 10.4. The maximum absolute atomic E-state index is 12.0. The first-order valence-corrected chi connectivity index (χ1v) is 6.71. The van der Waals surface area contributed by atoms with Gasteiger partial charge in [0.05, 0.1) is 5.69 Å². The van der Waals surface area contributed by atoms with Crippen LogP contribution in [0.3, 0.4) is 0 Å². The molecule has 0 atom stereocenters. The van der Waals surface area contributed by atoms with Crippen LogP contribution in [0.15, 0.2) is 5.38 Å². The number of aryl methyl sites for hydroxylation is 1. The number of halogens is 3. The van der Waals surface area contributed by atoms with Crippen LogP contribution in [0, 0.1) is 0 Å². The Kier molecular flexibility index (Phi) is 5.93. The number of aliphatic carboxylic acids is 1. The van der Waals surface area contributed by atoms with Crippen LogP contribution in [0.2, 0.25) is 0 Å². The maximum Gasteiger partial charge on any atom is 0.471 e. The van der Waals surface area contributed by atoms with Crippen molar-refractivity contribution in [3.05, 3.63) is 11.1 Å². The van der Waals surface area contributed by atoms with Gasteiger partial charge in [-0.25, -0.2) is 4.98 Å². The molecule has 0 aromatic carbocycles. The number of carbonyl (C=O) groups is 2. The molecule has 0 aliphatic carbocycles. The Balaban J connectivity index is 2.33.